The Morgan fingerprint density at radius 1 is 1.00 bits per heavy atom. The Kier molecular flexibility index (Phi) is 5.95. The SMILES string of the molecule is CCCC1CCC(C2CCC(C3CC=C(F)CC3)OC2)CC1. The minimum atomic E-state index is 0.0915. The molecule has 0 aromatic heterocycles. The lowest BCUT2D eigenvalue weighted by molar-refractivity contribution is -0.0672. The van der Waals surface area contributed by atoms with Crippen LogP contribution in [0.25, 0.3) is 0 Å². The van der Waals surface area contributed by atoms with Gasteiger partial charge in [-0.3, -0.25) is 0 Å². The minimum absolute atomic E-state index is 0.0915. The maximum Gasteiger partial charge on any atom is 0.0960 e. The van der Waals surface area contributed by atoms with E-state index in [2.05, 4.69) is 6.92 Å². The van der Waals surface area contributed by atoms with Gasteiger partial charge in [0.2, 0.25) is 0 Å². The monoisotopic (exact) mass is 308 g/mol. The molecule has 0 spiro atoms. The van der Waals surface area contributed by atoms with Crippen molar-refractivity contribution in [3.8, 4) is 0 Å². The van der Waals surface area contributed by atoms with Crippen molar-refractivity contribution in [1.29, 1.82) is 0 Å². The summed E-state index contributed by atoms with van der Waals surface area (Å²) in [6, 6.07) is 0. The van der Waals surface area contributed by atoms with Gasteiger partial charge < -0.3 is 4.74 Å². The second-order valence-electron chi connectivity index (χ2n) is 7.96. The van der Waals surface area contributed by atoms with Crippen LogP contribution >= 0.6 is 0 Å². The zero-order chi connectivity index (χ0) is 15.4. The highest BCUT2D eigenvalue weighted by atomic mass is 19.1. The molecule has 22 heavy (non-hydrogen) atoms. The zero-order valence-electron chi connectivity index (χ0n) is 14.2. The fourth-order valence-electron chi connectivity index (χ4n) is 5.05. The number of halogens is 1. The third-order valence-electron chi connectivity index (χ3n) is 6.52. The minimum Gasteiger partial charge on any atom is -0.378 e. The van der Waals surface area contributed by atoms with Crippen LogP contribution in [0.1, 0.15) is 77.6 Å². The van der Waals surface area contributed by atoms with Gasteiger partial charge in [-0.15, -0.1) is 0 Å². The molecule has 3 rings (SSSR count). The van der Waals surface area contributed by atoms with Crippen molar-refractivity contribution in [2.24, 2.45) is 23.7 Å². The summed E-state index contributed by atoms with van der Waals surface area (Å²) < 4.78 is 19.4. The van der Waals surface area contributed by atoms with Crippen LogP contribution in [0, 0.1) is 23.7 Å². The largest absolute Gasteiger partial charge is 0.378 e. The van der Waals surface area contributed by atoms with Crippen LogP contribution in [0.2, 0.25) is 0 Å². The van der Waals surface area contributed by atoms with E-state index in [-0.39, 0.29) is 5.83 Å². The van der Waals surface area contributed by atoms with Crippen molar-refractivity contribution in [2.45, 2.75) is 83.7 Å². The first-order chi connectivity index (χ1) is 10.8. The van der Waals surface area contributed by atoms with Crippen LogP contribution in [0.15, 0.2) is 11.9 Å². The third kappa shape index (κ3) is 4.13. The summed E-state index contributed by atoms with van der Waals surface area (Å²) in [5, 5.41) is 0. The second kappa shape index (κ2) is 7.95. The Morgan fingerprint density at radius 3 is 2.36 bits per heavy atom. The highest BCUT2D eigenvalue weighted by Crippen LogP contribution is 2.41. The van der Waals surface area contributed by atoms with Gasteiger partial charge in [-0.05, 0) is 68.6 Å². The third-order valence-corrected chi connectivity index (χ3v) is 6.52. The molecule has 0 aromatic carbocycles. The van der Waals surface area contributed by atoms with Crippen LogP contribution in [-0.4, -0.2) is 12.7 Å². The maximum absolute atomic E-state index is 13.1. The summed E-state index contributed by atoms with van der Waals surface area (Å²) in [6.07, 6.45) is 15.8. The van der Waals surface area contributed by atoms with Crippen molar-refractivity contribution in [3.05, 3.63) is 11.9 Å². The maximum atomic E-state index is 13.1. The number of ether oxygens (including phenoxy) is 1. The molecule has 3 aliphatic rings. The molecule has 0 aromatic rings. The quantitative estimate of drug-likeness (QED) is 0.615. The number of hydrogen-bond donors (Lipinski definition) is 0. The van der Waals surface area contributed by atoms with Crippen molar-refractivity contribution in [2.75, 3.05) is 6.61 Å². The molecule has 2 fully saturated rings. The lowest BCUT2D eigenvalue weighted by Gasteiger charge is -2.40. The molecular weight excluding hydrogens is 275 g/mol. The van der Waals surface area contributed by atoms with Gasteiger partial charge >= 0.3 is 0 Å². The van der Waals surface area contributed by atoms with Gasteiger partial charge in [-0.25, -0.2) is 4.39 Å². The first kappa shape index (κ1) is 16.5. The molecule has 3 atom stereocenters. The molecule has 1 saturated heterocycles. The predicted octanol–water partition coefficient (Wildman–Crippen LogP) is 6.04. The van der Waals surface area contributed by atoms with E-state index in [9.17, 15) is 4.39 Å². The molecule has 0 amide bonds. The van der Waals surface area contributed by atoms with Crippen molar-refractivity contribution < 1.29 is 9.13 Å². The molecular formula is C20H33FO. The fraction of sp³-hybridized carbons (Fsp3) is 0.900. The van der Waals surface area contributed by atoms with Gasteiger partial charge in [-0.1, -0.05) is 38.7 Å². The fourth-order valence-corrected chi connectivity index (χ4v) is 5.05. The molecule has 2 aliphatic carbocycles. The topological polar surface area (TPSA) is 9.23 Å². The molecule has 0 N–H and O–H groups in total. The summed E-state index contributed by atoms with van der Waals surface area (Å²) in [7, 11) is 0. The Hall–Kier alpha value is -0.370. The van der Waals surface area contributed by atoms with Crippen molar-refractivity contribution in [3.63, 3.8) is 0 Å². The van der Waals surface area contributed by atoms with Gasteiger partial charge in [0.05, 0.1) is 18.5 Å². The van der Waals surface area contributed by atoms with Gasteiger partial charge in [0, 0.05) is 0 Å². The van der Waals surface area contributed by atoms with Crippen molar-refractivity contribution >= 4 is 0 Å². The van der Waals surface area contributed by atoms with E-state index in [1.54, 1.807) is 6.08 Å². The molecule has 1 aliphatic heterocycles. The first-order valence-corrected chi connectivity index (χ1v) is 9.72. The van der Waals surface area contributed by atoms with Gasteiger partial charge in [0.25, 0.3) is 0 Å². The smallest absolute Gasteiger partial charge is 0.0960 e. The molecule has 1 nitrogen and oxygen atoms in total. The molecule has 3 unspecified atom stereocenters. The molecule has 1 saturated carbocycles. The van der Waals surface area contributed by atoms with Crippen LogP contribution < -0.4 is 0 Å². The predicted molar refractivity (Wildman–Crippen MR) is 89.4 cm³/mol. The van der Waals surface area contributed by atoms with E-state index in [1.165, 1.54) is 51.4 Å². The lowest BCUT2D eigenvalue weighted by Crippen LogP contribution is -2.36. The number of allylic oxidation sites excluding steroid dienone is 2. The summed E-state index contributed by atoms with van der Waals surface area (Å²) in [5.74, 6) is 3.38. The summed E-state index contributed by atoms with van der Waals surface area (Å²) in [5.41, 5.74) is 0. The molecule has 1 heterocycles. The van der Waals surface area contributed by atoms with E-state index in [1.807, 2.05) is 0 Å². The van der Waals surface area contributed by atoms with E-state index < -0.39 is 0 Å². The first-order valence-electron chi connectivity index (χ1n) is 9.72. The average molecular weight is 308 g/mol. The summed E-state index contributed by atoms with van der Waals surface area (Å²) >= 11 is 0. The normalized spacial score (nSPS) is 40.3. The van der Waals surface area contributed by atoms with E-state index >= 15 is 0 Å². The average Bonchev–Trinajstić information content (AvgIpc) is 2.57. The van der Waals surface area contributed by atoms with Crippen LogP contribution in [-0.2, 0) is 4.74 Å². The van der Waals surface area contributed by atoms with Crippen LogP contribution in [0.4, 0.5) is 4.39 Å². The van der Waals surface area contributed by atoms with Gasteiger partial charge in [-0.2, -0.15) is 0 Å². The molecule has 0 radical (unpaired) electrons. The Balaban J connectivity index is 1.41. The highest BCUT2D eigenvalue weighted by Gasteiger charge is 2.34. The van der Waals surface area contributed by atoms with E-state index in [0.29, 0.717) is 18.4 Å². The van der Waals surface area contributed by atoms with Gasteiger partial charge in [0.1, 0.15) is 0 Å². The highest BCUT2D eigenvalue weighted by molar-refractivity contribution is 4.99. The number of hydrogen-bond acceptors (Lipinski definition) is 1. The molecule has 2 heteroatoms. The standard InChI is InChI=1S/C20H33FO/c1-2-3-15-4-6-16(7-5-15)18-10-13-20(22-14-18)17-8-11-19(21)12-9-17/h11,15-18,20H,2-10,12-14H2,1H3. The summed E-state index contributed by atoms with van der Waals surface area (Å²) in [4.78, 5) is 0. The van der Waals surface area contributed by atoms with Gasteiger partial charge in [0.15, 0.2) is 0 Å². The zero-order valence-corrected chi connectivity index (χ0v) is 14.2. The van der Waals surface area contributed by atoms with Crippen LogP contribution in [0.3, 0.4) is 0 Å². The Bertz CT molecular complexity index is 362. The Morgan fingerprint density at radius 2 is 1.77 bits per heavy atom. The summed E-state index contributed by atoms with van der Waals surface area (Å²) in [6.45, 7) is 3.28. The Labute approximate surface area is 135 Å². The van der Waals surface area contributed by atoms with E-state index in [0.717, 1.165) is 37.2 Å². The molecule has 0 bridgehead atoms. The van der Waals surface area contributed by atoms with Crippen molar-refractivity contribution in [1.82, 2.24) is 0 Å². The second-order valence-corrected chi connectivity index (χ2v) is 7.96. The van der Waals surface area contributed by atoms with Crippen LogP contribution in [0.5, 0.6) is 0 Å². The number of rotatable bonds is 4. The lowest BCUT2D eigenvalue weighted by atomic mass is 9.72. The molecule has 126 valence electrons. The van der Waals surface area contributed by atoms with E-state index in [4.69, 9.17) is 4.74 Å².